The molecule has 3 aliphatic carbocycles. The molecule has 0 saturated heterocycles. The van der Waals surface area contributed by atoms with Crippen LogP contribution in [0.2, 0.25) is 0 Å². The van der Waals surface area contributed by atoms with Gasteiger partial charge in [-0.1, -0.05) is 308 Å². The van der Waals surface area contributed by atoms with Crippen molar-refractivity contribution in [2.75, 3.05) is 13.2 Å². The smallest absolute Gasteiger partial charge is 0.122 e. The fraction of sp³-hybridized carbons (Fsp3) is 0.700. The molecular weight excluding hydrogens is 993 g/mol. The molecule has 3 atom stereocenters. The summed E-state index contributed by atoms with van der Waals surface area (Å²) in [5.74, 6) is 7.07. The van der Waals surface area contributed by atoms with E-state index in [0.29, 0.717) is 5.92 Å². The number of benzene rings is 4. The van der Waals surface area contributed by atoms with Crippen LogP contribution in [0.5, 0.6) is 11.5 Å². The predicted octanol–water partition coefficient (Wildman–Crippen LogP) is 25.3. The first kappa shape index (κ1) is 72.7. The molecule has 2 nitrogen and oxygen atoms in total. The maximum absolute atomic E-state index is 6.20. The summed E-state index contributed by atoms with van der Waals surface area (Å²) in [7, 11) is 0. The minimum absolute atomic E-state index is 0.618. The van der Waals surface area contributed by atoms with E-state index >= 15 is 0 Å². The molecule has 2 aliphatic heterocycles. The molecule has 4 aromatic rings. The van der Waals surface area contributed by atoms with Gasteiger partial charge in [-0.3, -0.25) is 0 Å². The number of aryl methyl sites for hydroxylation is 6. The first-order valence-corrected chi connectivity index (χ1v) is 36.1. The summed E-state index contributed by atoms with van der Waals surface area (Å²) < 4.78 is 12.3. The quantitative estimate of drug-likeness (QED) is 0.189. The van der Waals surface area contributed by atoms with Gasteiger partial charge in [0, 0.05) is 0 Å². The van der Waals surface area contributed by atoms with E-state index in [1.165, 1.54) is 229 Å². The minimum atomic E-state index is 0.618. The van der Waals surface area contributed by atoms with Gasteiger partial charge in [0.05, 0.1) is 13.2 Å². The van der Waals surface area contributed by atoms with Crippen LogP contribution in [0.3, 0.4) is 0 Å². The van der Waals surface area contributed by atoms with Gasteiger partial charge >= 0.3 is 0 Å². The zero-order chi connectivity index (χ0) is 58.9. The highest BCUT2D eigenvalue weighted by atomic mass is 16.5. The van der Waals surface area contributed by atoms with Gasteiger partial charge in [0.1, 0.15) is 11.5 Å². The van der Waals surface area contributed by atoms with Gasteiger partial charge in [-0.2, -0.15) is 0 Å². The van der Waals surface area contributed by atoms with Crippen LogP contribution in [0.1, 0.15) is 314 Å². The summed E-state index contributed by atoms with van der Waals surface area (Å²) >= 11 is 0. The molecule has 0 N–H and O–H groups in total. The van der Waals surface area contributed by atoms with Gasteiger partial charge in [0.25, 0.3) is 0 Å². The molecule has 3 saturated carbocycles. The molecule has 464 valence electrons. The summed E-state index contributed by atoms with van der Waals surface area (Å²) in [5, 5.41) is 0. The molecule has 3 unspecified atom stereocenters. The first-order chi connectivity index (χ1) is 40.5. The van der Waals surface area contributed by atoms with E-state index in [-0.39, 0.29) is 0 Å². The maximum Gasteiger partial charge on any atom is 0.122 e. The Morgan fingerprint density at radius 2 is 0.561 bits per heavy atom. The second kappa shape index (κ2) is 49.7. The highest BCUT2D eigenvalue weighted by Crippen LogP contribution is 2.39. The Kier molecular flexibility index (Phi) is 44.1. The number of para-hydroxylation sites is 2. The summed E-state index contributed by atoms with van der Waals surface area (Å²) in [4.78, 5) is 0. The third kappa shape index (κ3) is 32.1. The lowest BCUT2D eigenvalue weighted by molar-refractivity contribution is 0.164. The molecule has 82 heavy (non-hydrogen) atoms. The Labute approximate surface area is 510 Å². The van der Waals surface area contributed by atoms with Gasteiger partial charge < -0.3 is 9.47 Å². The van der Waals surface area contributed by atoms with E-state index in [1.54, 1.807) is 41.5 Å². The van der Waals surface area contributed by atoms with Crippen LogP contribution in [0.4, 0.5) is 0 Å². The zero-order valence-electron chi connectivity index (χ0n) is 55.6. The second-order valence-electron chi connectivity index (χ2n) is 25.1. The Hall–Kier alpha value is -3.52. The van der Waals surface area contributed by atoms with E-state index in [1.807, 2.05) is 41.5 Å². The molecule has 3 fully saturated rings. The predicted molar refractivity (Wildman–Crippen MR) is 364 cm³/mol. The third-order valence-electron chi connectivity index (χ3n) is 18.6. The van der Waals surface area contributed by atoms with Crippen LogP contribution in [0, 0.1) is 29.6 Å². The molecule has 0 aromatic heterocycles. The number of ether oxygens (including phenoxy) is 2. The highest BCUT2D eigenvalue weighted by molar-refractivity contribution is 5.34. The minimum Gasteiger partial charge on any atom is -0.493 e. The van der Waals surface area contributed by atoms with Gasteiger partial charge in [-0.15, -0.1) is 0 Å². The van der Waals surface area contributed by atoms with E-state index < -0.39 is 0 Å². The Bertz CT molecular complexity index is 1920. The van der Waals surface area contributed by atoms with Crippen molar-refractivity contribution >= 4 is 0 Å². The van der Waals surface area contributed by atoms with Crippen LogP contribution in [-0.4, -0.2) is 13.2 Å². The first-order valence-electron chi connectivity index (χ1n) is 36.1. The molecule has 9 rings (SSSR count). The molecule has 0 radical (unpaired) electrons. The lowest BCUT2D eigenvalue weighted by Gasteiger charge is -2.34. The Morgan fingerprint density at radius 1 is 0.268 bits per heavy atom. The van der Waals surface area contributed by atoms with Gasteiger partial charge in [0.15, 0.2) is 0 Å². The topological polar surface area (TPSA) is 18.5 Å². The van der Waals surface area contributed by atoms with Crippen molar-refractivity contribution in [3.63, 3.8) is 0 Å². The van der Waals surface area contributed by atoms with Crippen molar-refractivity contribution in [1.29, 1.82) is 0 Å². The van der Waals surface area contributed by atoms with Crippen LogP contribution in [-0.2, 0) is 38.5 Å². The molecule has 0 amide bonds. The Balaban J connectivity index is 0.000000298. The molecular formula is C80H132O2. The third-order valence-corrected chi connectivity index (χ3v) is 18.6. The molecule has 4 aromatic carbocycles. The number of rotatable bonds is 1. The molecule has 5 aliphatic rings. The van der Waals surface area contributed by atoms with Gasteiger partial charge in [0.2, 0.25) is 0 Å². The lowest BCUT2D eigenvalue weighted by atomic mass is 9.71. The van der Waals surface area contributed by atoms with E-state index in [4.69, 9.17) is 9.47 Å². The summed E-state index contributed by atoms with van der Waals surface area (Å²) in [6.45, 7) is 20.9. The molecule has 0 bridgehead atoms. The maximum atomic E-state index is 6.20. The van der Waals surface area contributed by atoms with Crippen molar-refractivity contribution in [2.24, 2.45) is 29.6 Å². The van der Waals surface area contributed by atoms with Crippen LogP contribution >= 0.6 is 0 Å². The van der Waals surface area contributed by atoms with Crippen molar-refractivity contribution in [2.45, 2.75) is 319 Å². The normalized spacial score (nSPS) is 21.6. The van der Waals surface area contributed by atoms with Crippen LogP contribution in [0.15, 0.2) is 97.1 Å². The van der Waals surface area contributed by atoms with E-state index in [9.17, 15) is 0 Å². The SMILES string of the molecule is CC.CC.CC.CC1CCCC1.CC1CCCCCCC1C1CCCCCCC1.CC1CCCCc2ccccc2CCCCCCCc2ccccc2OC1.c1ccc2c(c1)CCCCCCCc1ccccc1OCCCCCC2. The van der Waals surface area contributed by atoms with Crippen molar-refractivity contribution in [1.82, 2.24) is 0 Å². The highest BCUT2D eigenvalue weighted by Gasteiger charge is 2.27. The van der Waals surface area contributed by atoms with Crippen molar-refractivity contribution in [3.05, 3.63) is 130 Å². The molecule has 2 heteroatoms. The largest absolute Gasteiger partial charge is 0.493 e. The fourth-order valence-corrected chi connectivity index (χ4v) is 13.6. The van der Waals surface area contributed by atoms with E-state index in [2.05, 4.69) is 118 Å². The average Bonchev–Trinajstić information content (AvgIpc) is 4.04. The van der Waals surface area contributed by atoms with Crippen LogP contribution < -0.4 is 9.47 Å². The monoisotopic (exact) mass is 1130 g/mol. The van der Waals surface area contributed by atoms with E-state index in [0.717, 1.165) is 67.6 Å². The summed E-state index contributed by atoms with van der Waals surface area (Å²) in [6.07, 6.45) is 55.1. The zero-order valence-corrected chi connectivity index (χ0v) is 55.6. The average molecular weight is 1130 g/mol. The van der Waals surface area contributed by atoms with Crippen molar-refractivity contribution in [3.8, 4) is 11.5 Å². The number of hydrogen-bond acceptors (Lipinski definition) is 2. The summed E-state index contributed by atoms with van der Waals surface area (Å²) in [6, 6.07) is 35.5. The lowest BCUT2D eigenvalue weighted by Crippen LogP contribution is -2.24. The van der Waals surface area contributed by atoms with Gasteiger partial charge in [-0.25, -0.2) is 0 Å². The van der Waals surface area contributed by atoms with Gasteiger partial charge in [-0.05, 0) is 171 Å². The van der Waals surface area contributed by atoms with Crippen molar-refractivity contribution < 1.29 is 9.47 Å². The molecule has 0 spiro atoms. The summed E-state index contributed by atoms with van der Waals surface area (Å²) in [5.41, 5.74) is 9.12. The number of fused-ring (bicyclic) bond motifs is 4. The second-order valence-corrected chi connectivity index (χ2v) is 25.1. The molecule has 2 heterocycles. The number of hydrogen-bond donors (Lipinski definition) is 0. The standard InChI is InChI=1S/C26H36O.C25H34O.C17H32.C6H12.3C2H6/c1-22-13-7-8-15-24-17-10-9-16-23(24)14-5-3-2-4-6-18-25-19-11-12-20-26(25)27-21-22;1-2-6-14-22-16-9-10-17-23(22)15-7-4-5-13-21-26-25-20-12-11-19-24(25)18-8-3-1;1-15-11-7-5-6-10-14-17(15)16-12-8-3-2-4-9-13-16;1-6-4-2-3-5-6;3*1-2/h9-12,16-17,19-20,22H,2-8,13-15,18,21H2,1H3;9-12,16-17,19-20H,1-8,13-15,18,21H2;15-17H,2-14H2,1H3;6H,2-5H2,1H3;3*1-2H3. The fourth-order valence-electron chi connectivity index (χ4n) is 13.6. The Morgan fingerprint density at radius 3 is 0.988 bits per heavy atom. The van der Waals surface area contributed by atoms with Crippen LogP contribution in [0.25, 0.3) is 0 Å².